The number of pyridine rings is 1. The van der Waals surface area contributed by atoms with Crippen molar-refractivity contribution in [3.63, 3.8) is 0 Å². The van der Waals surface area contributed by atoms with Crippen LogP contribution in [-0.4, -0.2) is 18.8 Å². The summed E-state index contributed by atoms with van der Waals surface area (Å²) in [6, 6.07) is 4.70. The fourth-order valence-electron chi connectivity index (χ4n) is 2.44. The van der Waals surface area contributed by atoms with Crippen LogP contribution in [0, 0.1) is 5.82 Å². The summed E-state index contributed by atoms with van der Waals surface area (Å²) in [6.07, 6.45) is 0. The van der Waals surface area contributed by atoms with Gasteiger partial charge in [0.2, 0.25) is 0 Å². The van der Waals surface area contributed by atoms with Crippen LogP contribution in [0.15, 0.2) is 10.7 Å². The van der Waals surface area contributed by atoms with Crippen molar-refractivity contribution in [3.05, 3.63) is 22.2 Å². The van der Waals surface area contributed by atoms with Crippen LogP contribution in [0.1, 0.15) is 38.2 Å². The van der Waals surface area contributed by atoms with E-state index < -0.39 is 13.9 Å². The predicted octanol–water partition coefficient (Wildman–Crippen LogP) is 3.90. The molecule has 2 nitrogen and oxygen atoms in total. The highest BCUT2D eigenvalue weighted by molar-refractivity contribution is 9.10. The van der Waals surface area contributed by atoms with Gasteiger partial charge in [-0.1, -0.05) is 26.8 Å². The van der Waals surface area contributed by atoms with Gasteiger partial charge < -0.3 is 0 Å². The highest BCUT2D eigenvalue weighted by Gasteiger charge is 2.23. The average Bonchev–Trinajstić information content (AvgIpc) is 2.35. The van der Waals surface area contributed by atoms with Crippen molar-refractivity contribution >= 4 is 35.0 Å². The second-order valence-electron chi connectivity index (χ2n) is 4.55. The molecule has 0 fully saturated rings. The smallest absolute Gasteiger partial charge is 0.181 e. The third kappa shape index (κ3) is 2.72. The summed E-state index contributed by atoms with van der Waals surface area (Å²) < 4.78 is 15.0. The molecule has 0 aliphatic carbocycles. The summed E-state index contributed by atoms with van der Waals surface area (Å²) in [6.45, 7) is 7.69. The van der Waals surface area contributed by atoms with Gasteiger partial charge in [0.25, 0.3) is 0 Å². The van der Waals surface area contributed by atoms with Crippen LogP contribution in [0.2, 0.25) is 18.1 Å². The molecule has 0 aromatic carbocycles. The van der Waals surface area contributed by atoms with Crippen molar-refractivity contribution in [2.24, 2.45) is 0 Å². The van der Waals surface area contributed by atoms with Gasteiger partial charge in [-0.05, 0) is 15.9 Å². The lowest BCUT2D eigenvalue weighted by molar-refractivity contribution is 0.100. The Hall–Kier alpha value is -0.553. The Kier molecular flexibility index (Phi) is 5.22. The van der Waals surface area contributed by atoms with E-state index in [4.69, 9.17) is 0 Å². The maximum Gasteiger partial charge on any atom is 0.181 e. The van der Waals surface area contributed by atoms with Crippen LogP contribution < -0.4 is 5.19 Å². The standard InChI is InChI=1S/C13H19BrFNOSi/c1-5-18(6-2,7-3)10-8-11(14)16-13(9(4)17)12(10)15/h8H,5-7H2,1-4H3/q-1. The van der Waals surface area contributed by atoms with Crippen molar-refractivity contribution in [2.45, 2.75) is 45.8 Å². The molecule has 1 heterocycles. The normalized spacial score (nSPS) is 11.7. The summed E-state index contributed by atoms with van der Waals surface area (Å²) in [5, 5.41) is 0.738. The maximum absolute atomic E-state index is 14.5. The van der Waals surface area contributed by atoms with E-state index in [0.29, 0.717) is 4.60 Å². The maximum atomic E-state index is 14.5. The second-order valence-corrected chi connectivity index (χ2v) is 10.6. The van der Waals surface area contributed by atoms with Crippen LogP contribution in [-0.2, 0) is 0 Å². The molecule has 18 heavy (non-hydrogen) atoms. The van der Waals surface area contributed by atoms with Gasteiger partial charge in [-0.25, -0.2) is 9.37 Å². The summed E-state index contributed by atoms with van der Waals surface area (Å²) in [5.41, 5.74) is -0.0356. The molecule has 0 bridgehead atoms. The lowest BCUT2D eigenvalue weighted by Gasteiger charge is -2.41. The van der Waals surface area contributed by atoms with E-state index in [-0.39, 0.29) is 11.5 Å². The van der Waals surface area contributed by atoms with Crippen LogP contribution in [0.4, 0.5) is 4.39 Å². The van der Waals surface area contributed by atoms with Gasteiger partial charge in [0, 0.05) is 6.92 Å². The van der Waals surface area contributed by atoms with Gasteiger partial charge in [0.15, 0.2) is 5.78 Å². The highest BCUT2D eigenvalue weighted by Crippen LogP contribution is 2.24. The van der Waals surface area contributed by atoms with E-state index in [0.717, 1.165) is 23.3 Å². The number of ketones is 1. The molecule has 0 saturated heterocycles. The number of aromatic nitrogens is 1. The number of hydrogen-bond acceptors (Lipinski definition) is 2. The largest absolute Gasteiger partial charge is 0.293 e. The Morgan fingerprint density at radius 1 is 1.33 bits per heavy atom. The average molecular weight is 332 g/mol. The minimum Gasteiger partial charge on any atom is -0.293 e. The lowest BCUT2D eigenvalue weighted by Crippen LogP contribution is -2.48. The predicted molar refractivity (Wildman–Crippen MR) is 78.7 cm³/mol. The molecule has 1 rings (SSSR count). The Labute approximate surface area is 117 Å². The third-order valence-electron chi connectivity index (χ3n) is 3.86. The number of halogens is 2. The molecule has 0 unspecified atom stereocenters. The molecule has 0 radical (unpaired) electrons. The van der Waals surface area contributed by atoms with E-state index in [1.165, 1.54) is 6.92 Å². The zero-order chi connectivity index (χ0) is 13.9. The van der Waals surface area contributed by atoms with Gasteiger partial charge in [0.1, 0.15) is 16.1 Å². The minimum absolute atomic E-state index is 0.0356. The molecule has 5 heteroatoms. The fraction of sp³-hybridized carbons (Fsp3) is 0.538. The first-order chi connectivity index (χ1) is 8.41. The van der Waals surface area contributed by atoms with Crippen LogP contribution in [0.5, 0.6) is 0 Å². The number of hydrogen-bond donors (Lipinski definition) is 0. The first kappa shape index (κ1) is 15.5. The number of rotatable bonds is 5. The van der Waals surface area contributed by atoms with E-state index in [2.05, 4.69) is 41.7 Å². The molecule has 1 aromatic rings. The monoisotopic (exact) mass is 331 g/mol. The molecule has 0 saturated carbocycles. The number of nitrogens with zero attached hydrogens (tertiary/aromatic N) is 1. The van der Waals surface area contributed by atoms with Crippen molar-refractivity contribution in [1.82, 2.24) is 4.98 Å². The molecule has 0 atom stereocenters. The Morgan fingerprint density at radius 3 is 2.22 bits per heavy atom. The lowest BCUT2D eigenvalue weighted by atomic mass is 10.2. The molecule has 101 valence electrons. The topological polar surface area (TPSA) is 30.0 Å². The summed E-state index contributed by atoms with van der Waals surface area (Å²) in [4.78, 5) is 15.4. The van der Waals surface area contributed by atoms with E-state index in [9.17, 15) is 9.18 Å². The van der Waals surface area contributed by atoms with Crippen molar-refractivity contribution in [3.8, 4) is 0 Å². The third-order valence-corrected chi connectivity index (χ3v) is 9.84. The molecule has 0 aliphatic rings. The number of carbonyl (C=O) groups excluding carboxylic acids is 1. The molecule has 0 amide bonds. The van der Waals surface area contributed by atoms with Crippen molar-refractivity contribution in [2.75, 3.05) is 0 Å². The molecular weight excluding hydrogens is 313 g/mol. The van der Waals surface area contributed by atoms with Gasteiger partial charge >= 0.3 is 0 Å². The first-order valence-corrected chi connectivity index (χ1v) is 9.70. The molecular formula is C13H19BrFNOSi-. The highest BCUT2D eigenvalue weighted by atomic mass is 79.9. The van der Waals surface area contributed by atoms with Crippen LogP contribution >= 0.6 is 15.9 Å². The number of Topliss-reactive ketones (excluding diaryl/α,β-unsaturated/α-hetero) is 1. The molecule has 1 aromatic heterocycles. The minimum atomic E-state index is -1.84. The van der Waals surface area contributed by atoms with Gasteiger partial charge in [-0.3, -0.25) is 4.79 Å². The molecule has 0 N–H and O–H groups in total. The van der Waals surface area contributed by atoms with Crippen LogP contribution in [0.25, 0.3) is 0 Å². The number of carbonyl (C=O) groups is 1. The summed E-state index contributed by atoms with van der Waals surface area (Å²) in [5.74, 6) is -0.718. The Bertz CT molecular complexity index is 452. The van der Waals surface area contributed by atoms with Crippen molar-refractivity contribution < 1.29 is 9.18 Å². The van der Waals surface area contributed by atoms with Crippen molar-refractivity contribution in [1.29, 1.82) is 0 Å². The van der Waals surface area contributed by atoms with Crippen LogP contribution in [0.3, 0.4) is 0 Å². The second kappa shape index (κ2) is 6.06. The van der Waals surface area contributed by atoms with E-state index in [1.54, 1.807) is 6.07 Å². The van der Waals surface area contributed by atoms with E-state index in [1.807, 2.05) is 0 Å². The quantitative estimate of drug-likeness (QED) is 0.465. The summed E-state index contributed by atoms with van der Waals surface area (Å²) >= 11 is 3.29. The molecule has 0 aliphatic heterocycles. The zero-order valence-corrected chi connectivity index (χ0v) is 13.9. The first-order valence-electron chi connectivity index (χ1n) is 6.29. The SMILES string of the molecule is CC[Si-](CC)(CC)c1cc(Br)nc(C(C)=O)c1F. The van der Waals surface area contributed by atoms with Gasteiger partial charge in [-0.2, -0.15) is 18.1 Å². The van der Waals surface area contributed by atoms with Gasteiger partial charge in [0.05, 0.1) is 0 Å². The summed E-state index contributed by atoms with van der Waals surface area (Å²) in [7, 11) is -1.84. The van der Waals surface area contributed by atoms with Gasteiger partial charge in [-0.15, -0.1) is 13.3 Å². The Balaban J connectivity index is 3.53. The van der Waals surface area contributed by atoms with E-state index >= 15 is 0 Å². The zero-order valence-electron chi connectivity index (χ0n) is 11.3. The fourth-order valence-corrected chi connectivity index (χ4v) is 6.73. The Morgan fingerprint density at radius 2 is 1.83 bits per heavy atom. The molecule has 0 spiro atoms.